The van der Waals surface area contributed by atoms with E-state index in [0.29, 0.717) is 31.7 Å². The first-order valence-corrected chi connectivity index (χ1v) is 12.6. The van der Waals surface area contributed by atoms with Gasteiger partial charge in [0.15, 0.2) is 0 Å². The number of likely N-dealkylation sites (tertiary alicyclic amines) is 1. The van der Waals surface area contributed by atoms with E-state index in [1.165, 1.54) is 0 Å². The first-order chi connectivity index (χ1) is 17.4. The fraction of sp³-hybridized carbons (Fsp3) is 0.481. The Morgan fingerprint density at radius 2 is 1.97 bits per heavy atom. The van der Waals surface area contributed by atoms with Gasteiger partial charge >= 0.3 is 0 Å². The SMILES string of the molecule is C[C@@]12C[C@@H]1N(C(=O)CNC(=O)CCCOc1ccccc1)[C@H](C(=O)N[C@H]1CCn3c(C#N)ccc31)C2. The van der Waals surface area contributed by atoms with Gasteiger partial charge in [-0.2, -0.15) is 5.26 Å². The van der Waals surface area contributed by atoms with Crippen molar-refractivity contribution in [2.45, 2.75) is 63.7 Å². The van der Waals surface area contributed by atoms with E-state index in [0.717, 1.165) is 24.3 Å². The maximum atomic E-state index is 13.3. The minimum absolute atomic E-state index is 0.0366. The van der Waals surface area contributed by atoms with Gasteiger partial charge in [0, 0.05) is 24.7 Å². The summed E-state index contributed by atoms with van der Waals surface area (Å²) >= 11 is 0. The van der Waals surface area contributed by atoms with E-state index in [-0.39, 0.29) is 48.2 Å². The molecule has 1 aromatic heterocycles. The molecule has 1 aromatic carbocycles. The Morgan fingerprint density at radius 3 is 2.75 bits per heavy atom. The van der Waals surface area contributed by atoms with Crippen LogP contribution in [0.5, 0.6) is 5.75 Å². The van der Waals surface area contributed by atoms with Crippen LogP contribution in [0.25, 0.3) is 0 Å². The highest BCUT2D eigenvalue weighted by atomic mass is 16.5. The molecule has 1 saturated heterocycles. The molecule has 3 amide bonds. The Labute approximate surface area is 210 Å². The lowest BCUT2D eigenvalue weighted by atomic mass is 10.0. The first kappa shape index (κ1) is 23.9. The summed E-state index contributed by atoms with van der Waals surface area (Å²) < 4.78 is 7.53. The molecule has 1 aliphatic carbocycles. The lowest BCUT2D eigenvalue weighted by molar-refractivity contribution is -0.140. The second kappa shape index (κ2) is 9.69. The molecular formula is C27H31N5O4. The van der Waals surface area contributed by atoms with Gasteiger partial charge in [0.05, 0.1) is 19.2 Å². The number of hydrogen-bond donors (Lipinski definition) is 2. The molecule has 2 aliphatic heterocycles. The molecule has 5 rings (SSSR count). The van der Waals surface area contributed by atoms with Crippen LogP contribution in [0.3, 0.4) is 0 Å². The Hall–Kier alpha value is -3.80. The van der Waals surface area contributed by atoms with E-state index < -0.39 is 6.04 Å². The molecule has 2 fully saturated rings. The molecule has 9 nitrogen and oxygen atoms in total. The minimum Gasteiger partial charge on any atom is -0.494 e. The maximum absolute atomic E-state index is 13.3. The van der Waals surface area contributed by atoms with Gasteiger partial charge < -0.3 is 24.8 Å². The zero-order valence-electron chi connectivity index (χ0n) is 20.4. The third-order valence-corrected chi connectivity index (χ3v) is 7.67. The quantitative estimate of drug-likeness (QED) is 0.524. The van der Waals surface area contributed by atoms with Crippen molar-refractivity contribution in [3.63, 3.8) is 0 Å². The van der Waals surface area contributed by atoms with E-state index in [1.807, 2.05) is 41.0 Å². The van der Waals surface area contributed by atoms with Crippen LogP contribution in [-0.4, -0.2) is 52.4 Å². The topological polar surface area (TPSA) is 116 Å². The van der Waals surface area contributed by atoms with Gasteiger partial charge in [-0.15, -0.1) is 0 Å². The number of fused-ring (bicyclic) bond motifs is 2. The van der Waals surface area contributed by atoms with Crippen LogP contribution in [0.1, 0.15) is 56.5 Å². The van der Waals surface area contributed by atoms with Crippen LogP contribution in [0.2, 0.25) is 0 Å². The molecule has 0 radical (unpaired) electrons. The number of para-hydroxylation sites is 1. The molecule has 9 heteroatoms. The lowest BCUT2D eigenvalue weighted by Gasteiger charge is -2.28. The highest BCUT2D eigenvalue weighted by Gasteiger charge is 2.64. The molecule has 2 aromatic rings. The zero-order chi connectivity index (χ0) is 25.3. The number of piperidine rings is 1. The molecule has 2 N–H and O–H groups in total. The molecule has 1 saturated carbocycles. The molecule has 0 spiro atoms. The second-order valence-electron chi connectivity index (χ2n) is 10.2. The van der Waals surface area contributed by atoms with Crippen molar-refractivity contribution in [3.8, 4) is 11.8 Å². The highest BCUT2D eigenvalue weighted by molar-refractivity contribution is 5.92. The molecular weight excluding hydrogens is 458 g/mol. The number of hydrogen-bond acceptors (Lipinski definition) is 5. The van der Waals surface area contributed by atoms with Crippen LogP contribution in [-0.2, 0) is 20.9 Å². The van der Waals surface area contributed by atoms with Crippen LogP contribution in [0, 0.1) is 16.7 Å². The lowest BCUT2D eigenvalue weighted by Crippen LogP contribution is -2.51. The Kier molecular flexibility index (Phi) is 6.44. The molecule has 3 heterocycles. The summed E-state index contributed by atoms with van der Waals surface area (Å²) in [5.74, 6) is 0.158. The zero-order valence-corrected chi connectivity index (χ0v) is 20.4. The monoisotopic (exact) mass is 489 g/mol. The van der Waals surface area contributed by atoms with Crippen molar-refractivity contribution in [1.29, 1.82) is 5.26 Å². The van der Waals surface area contributed by atoms with Crippen LogP contribution >= 0.6 is 0 Å². The van der Waals surface area contributed by atoms with Crippen molar-refractivity contribution in [2.75, 3.05) is 13.2 Å². The van der Waals surface area contributed by atoms with E-state index in [4.69, 9.17) is 4.74 Å². The van der Waals surface area contributed by atoms with Gasteiger partial charge in [-0.05, 0) is 55.4 Å². The standard InChI is InChI=1S/C27H31N5O4/c1-27-14-22(26(35)30-20-11-12-31-18(16-28)9-10-21(20)31)32(23(27)15-27)25(34)17-29-24(33)8-5-13-36-19-6-3-2-4-7-19/h2-4,6-7,9-10,20,22-23H,5,8,11-15,17H2,1H3,(H,29,33)(H,30,35)/t20-,22-,23-,27+/m0/s1. The molecule has 0 unspecified atom stereocenters. The number of nitrogens with one attached hydrogen (secondary N) is 2. The average molecular weight is 490 g/mol. The van der Waals surface area contributed by atoms with Crippen molar-refractivity contribution < 1.29 is 19.1 Å². The number of nitrogens with zero attached hydrogens (tertiary/aromatic N) is 3. The van der Waals surface area contributed by atoms with Gasteiger partial charge in [-0.3, -0.25) is 14.4 Å². The van der Waals surface area contributed by atoms with Gasteiger partial charge in [0.25, 0.3) is 0 Å². The molecule has 4 atom stereocenters. The Bertz CT molecular complexity index is 1200. The number of rotatable bonds is 9. The summed E-state index contributed by atoms with van der Waals surface area (Å²) in [6, 6.07) is 14.6. The number of ether oxygens (including phenoxy) is 1. The predicted octanol–water partition coefficient (Wildman–Crippen LogP) is 2.28. The van der Waals surface area contributed by atoms with Gasteiger partial charge in [-0.1, -0.05) is 25.1 Å². The molecule has 0 bridgehead atoms. The number of carbonyl (C=O) groups excluding carboxylic acids is 3. The third-order valence-electron chi connectivity index (χ3n) is 7.67. The minimum atomic E-state index is -0.545. The number of amides is 3. The third kappa shape index (κ3) is 4.68. The average Bonchev–Trinajstić information content (AvgIpc) is 3.20. The molecule has 36 heavy (non-hydrogen) atoms. The van der Waals surface area contributed by atoms with E-state index in [9.17, 15) is 19.6 Å². The maximum Gasteiger partial charge on any atom is 0.243 e. The van der Waals surface area contributed by atoms with Crippen molar-refractivity contribution in [3.05, 3.63) is 53.9 Å². The van der Waals surface area contributed by atoms with E-state index >= 15 is 0 Å². The largest absolute Gasteiger partial charge is 0.494 e. The van der Waals surface area contributed by atoms with Crippen molar-refractivity contribution in [1.82, 2.24) is 20.1 Å². The van der Waals surface area contributed by atoms with E-state index in [1.54, 1.807) is 11.0 Å². The van der Waals surface area contributed by atoms with Gasteiger partial charge in [-0.25, -0.2) is 0 Å². The van der Waals surface area contributed by atoms with Crippen LogP contribution < -0.4 is 15.4 Å². The predicted molar refractivity (Wildman–Crippen MR) is 131 cm³/mol. The summed E-state index contributed by atoms with van der Waals surface area (Å²) in [4.78, 5) is 40.3. The summed E-state index contributed by atoms with van der Waals surface area (Å²) in [7, 11) is 0. The Morgan fingerprint density at radius 1 is 1.17 bits per heavy atom. The fourth-order valence-electron chi connectivity index (χ4n) is 5.61. The van der Waals surface area contributed by atoms with Gasteiger partial charge in [0.1, 0.15) is 23.6 Å². The molecule has 188 valence electrons. The van der Waals surface area contributed by atoms with Crippen molar-refractivity contribution in [2.24, 2.45) is 5.41 Å². The summed E-state index contributed by atoms with van der Waals surface area (Å²) in [6.07, 6.45) is 3.03. The smallest absolute Gasteiger partial charge is 0.243 e. The highest BCUT2D eigenvalue weighted by Crippen LogP contribution is 2.59. The van der Waals surface area contributed by atoms with Gasteiger partial charge in [0.2, 0.25) is 17.7 Å². The fourth-order valence-corrected chi connectivity index (χ4v) is 5.61. The van der Waals surface area contributed by atoms with E-state index in [2.05, 4.69) is 23.6 Å². The number of aromatic nitrogens is 1. The Balaban J connectivity index is 1.11. The second-order valence-corrected chi connectivity index (χ2v) is 10.2. The first-order valence-electron chi connectivity index (χ1n) is 12.6. The van der Waals surface area contributed by atoms with Crippen LogP contribution in [0.4, 0.5) is 0 Å². The summed E-state index contributed by atoms with van der Waals surface area (Å²) in [5, 5.41) is 15.1. The van der Waals surface area contributed by atoms with Crippen LogP contribution in [0.15, 0.2) is 42.5 Å². The summed E-state index contributed by atoms with van der Waals surface area (Å²) in [5.41, 5.74) is 1.48. The summed E-state index contributed by atoms with van der Waals surface area (Å²) in [6.45, 7) is 3.09. The van der Waals surface area contributed by atoms with Crippen molar-refractivity contribution >= 4 is 17.7 Å². The number of benzene rings is 1. The number of nitriles is 1. The number of carbonyl (C=O) groups is 3. The normalized spacial score (nSPS) is 25.4. The molecule has 3 aliphatic rings.